The molecular formula is C23H26N4O2. The summed E-state index contributed by atoms with van der Waals surface area (Å²) < 4.78 is 1.85. The van der Waals surface area contributed by atoms with Crippen LogP contribution >= 0.6 is 0 Å². The van der Waals surface area contributed by atoms with Gasteiger partial charge in [-0.1, -0.05) is 51.1 Å². The van der Waals surface area contributed by atoms with Crippen molar-refractivity contribution in [1.29, 1.82) is 0 Å². The lowest BCUT2D eigenvalue weighted by molar-refractivity contribution is -0.123. The zero-order valence-electron chi connectivity index (χ0n) is 17.0. The third-order valence-corrected chi connectivity index (χ3v) is 4.51. The lowest BCUT2D eigenvalue weighted by atomic mass is 9.95. The maximum atomic E-state index is 12.6. The first-order chi connectivity index (χ1) is 13.8. The van der Waals surface area contributed by atoms with Crippen LogP contribution in [0.1, 0.15) is 42.3 Å². The summed E-state index contributed by atoms with van der Waals surface area (Å²) in [5.74, 6) is -0.284. The van der Waals surface area contributed by atoms with Gasteiger partial charge in [-0.15, -0.1) is 0 Å². The van der Waals surface area contributed by atoms with Crippen LogP contribution in [-0.2, 0) is 17.9 Å². The number of carbonyl (C=O) groups is 2. The number of hydrogen-bond acceptors (Lipinski definition) is 3. The molecule has 0 aliphatic rings. The van der Waals surface area contributed by atoms with Gasteiger partial charge in [0, 0.05) is 35.6 Å². The monoisotopic (exact) mass is 390 g/mol. The summed E-state index contributed by atoms with van der Waals surface area (Å²) in [6.07, 6.45) is 3.66. The molecule has 0 aliphatic carbocycles. The first-order valence-electron chi connectivity index (χ1n) is 9.57. The van der Waals surface area contributed by atoms with Gasteiger partial charge in [0.15, 0.2) is 0 Å². The van der Waals surface area contributed by atoms with Crippen molar-refractivity contribution in [3.63, 3.8) is 0 Å². The van der Waals surface area contributed by atoms with E-state index in [0.717, 1.165) is 11.1 Å². The Morgan fingerprint density at radius 3 is 2.45 bits per heavy atom. The van der Waals surface area contributed by atoms with Gasteiger partial charge in [-0.05, 0) is 35.4 Å². The summed E-state index contributed by atoms with van der Waals surface area (Å²) in [5.41, 5.74) is 2.74. The van der Waals surface area contributed by atoms with E-state index >= 15 is 0 Å². The Bertz CT molecular complexity index is 988. The highest BCUT2D eigenvalue weighted by Crippen LogP contribution is 2.18. The molecule has 2 N–H and O–H groups in total. The minimum atomic E-state index is -0.503. The van der Waals surface area contributed by atoms with E-state index in [-0.39, 0.29) is 11.8 Å². The molecule has 0 bridgehead atoms. The molecule has 2 amide bonds. The molecule has 0 radical (unpaired) electrons. The van der Waals surface area contributed by atoms with Crippen LogP contribution in [0.4, 0.5) is 5.69 Å². The molecule has 6 heteroatoms. The van der Waals surface area contributed by atoms with E-state index in [1.165, 1.54) is 0 Å². The van der Waals surface area contributed by atoms with Crippen molar-refractivity contribution >= 4 is 17.5 Å². The first-order valence-corrected chi connectivity index (χ1v) is 9.57. The van der Waals surface area contributed by atoms with E-state index in [1.54, 1.807) is 30.5 Å². The van der Waals surface area contributed by atoms with Gasteiger partial charge in [0.05, 0.1) is 6.54 Å². The molecule has 1 aromatic heterocycles. The Morgan fingerprint density at radius 2 is 1.76 bits per heavy atom. The molecule has 0 fully saturated rings. The normalized spacial score (nSPS) is 11.1. The largest absolute Gasteiger partial charge is 0.348 e. The van der Waals surface area contributed by atoms with Crippen molar-refractivity contribution in [2.75, 3.05) is 5.32 Å². The van der Waals surface area contributed by atoms with Crippen molar-refractivity contribution in [3.8, 4) is 0 Å². The molecule has 2 aromatic carbocycles. The van der Waals surface area contributed by atoms with Crippen LogP contribution in [0.15, 0.2) is 67.0 Å². The maximum Gasteiger partial charge on any atom is 0.251 e. The zero-order valence-corrected chi connectivity index (χ0v) is 17.0. The highest BCUT2D eigenvalue weighted by Gasteiger charge is 2.21. The summed E-state index contributed by atoms with van der Waals surface area (Å²) in [6.45, 7) is 6.60. The molecule has 0 saturated heterocycles. The molecule has 0 atom stereocenters. The fourth-order valence-electron chi connectivity index (χ4n) is 2.79. The topological polar surface area (TPSA) is 76.0 Å². The lowest BCUT2D eigenvalue weighted by Crippen LogP contribution is -2.28. The third kappa shape index (κ3) is 5.54. The number of hydrogen-bond donors (Lipinski definition) is 2. The molecule has 0 unspecified atom stereocenters. The molecule has 29 heavy (non-hydrogen) atoms. The van der Waals surface area contributed by atoms with Gasteiger partial charge in [0.25, 0.3) is 5.91 Å². The predicted molar refractivity (Wildman–Crippen MR) is 113 cm³/mol. The third-order valence-electron chi connectivity index (χ3n) is 4.51. The number of benzene rings is 2. The van der Waals surface area contributed by atoms with Gasteiger partial charge < -0.3 is 10.6 Å². The summed E-state index contributed by atoms with van der Waals surface area (Å²) in [6, 6.07) is 16.8. The number of carbonyl (C=O) groups excluding carboxylic acids is 2. The minimum Gasteiger partial charge on any atom is -0.348 e. The molecule has 0 aliphatic heterocycles. The molecule has 1 heterocycles. The average Bonchev–Trinajstić information content (AvgIpc) is 3.19. The molecule has 150 valence electrons. The highest BCUT2D eigenvalue weighted by atomic mass is 16.2. The quantitative estimate of drug-likeness (QED) is 0.671. The van der Waals surface area contributed by atoms with Crippen LogP contribution in [0.3, 0.4) is 0 Å². The van der Waals surface area contributed by atoms with Crippen LogP contribution in [-0.4, -0.2) is 21.6 Å². The molecule has 6 nitrogen and oxygen atoms in total. The molecule has 0 saturated carbocycles. The first kappa shape index (κ1) is 20.3. The van der Waals surface area contributed by atoms with Crippen molar-refractivity contribution in [2.24, 2.45) is 5.41 Å². The van der Waals surface area contributed by atoms with Crippen molar-refractivity contribution in [1.82, 2.24) is 15.1 Å². The smallest absolute Gasteiger partial charge is 0.251 e. The van der Waals surface area contributed by atoms with Crippen molar-refractivity contribution in [3.05, 3.63) is 83.7 Å². The van der Waals surface area contributed by atoms with Gasteiger partial charge >= 0.3 is 0 Å². The molecule has 3 aromatic rings. The standard InChI is InChI=1S/C23H26N4O2/c1-23(2,3)22(29)26-20-11-6-10-17(14-20)21(28)24-15-18-8-4-5-9-19(18)16-27-13-7-12-25-27/h4-14H,15-16H2,1-3H3,(H,24,28)(H,26,29). The fourth-order valence-corrected chi connectivity index (χ4v) is 2.79. The number of aromatic nitrogens is 2. The average molecular weight is 390 g/mol. The van der Waals surface area contributed by atoms with Gasteiger partial charge in [-0.25, -0.2) is 0 Å². The summed E-state index contributed by atoms with van der Waals surface area (Å²) >= 11 is 0. The Hall–Kier alpha value is -3.41. The lowest BCUT2D eigenvalue weighted by Gasteiger charge is -2.18. The number of nitrogens with one attached hydrogen (secondary N) is 2. The predicted octanol–water partition coefficient (Wildman–Crippen LogP) is 3.85. The number of anilines is 1. The van der Waals surface area contributed by atoms with Crippen LogP contribution < -0.4 is 10.6 Å². The summed E-state index contributed by atoms with van der Waals surface area (Å²) in [4.78, 5) is 24.8. The second-order valence-electron chi connectivity index (χ2n) is 7.94. The van der Waals surface area contributed by atoms with Gasteiger partial charge in [0.2, 0.25) is 5.91 Å². The van der Waals surface area contributed by atoms with Crippen LogP contribution in [0.25, 0.3) is 0 Å². The maximum absolute atomic E-state index is 12.6. The molecule has 0 spiro atoms. The van der Waals surface area contributed by atoms with E-state index < -0.39 is 5.41 Å². The Labute approximate surface area is 170 Å². The van der Waals surface area contributed by atoms with E-state index in [4.69, 9.17) is 0 Å². The SMILES string of the molecule is CC(C)(C)C(=O)Nc1cccc(C(=O)NCc2ccccc2Cn2cccn2)c1. The number of nitrogens with zero attached hydrogens (tertiary/aromatic N) is 2. The second-order valence-corrected chi connectivity index (χ2v) is 7.94. The van der Waals surface area contributed by atoms with Crippen molar-refractivity contribution in [2.45, 2.75) is 33.9 Å². The van der Waals surface area contributed by atoms with E-state index in [1.807, 2.05) is 62.0 Å². The Balaban J connectivity index is 1.66. The van der Waals surface area contributed by atoms with E-state index in [2.05, 4.69) is 15.7 Å². The van der Waals surface area contributed by atoms with Crippen LogP contribution in [0.2, 0.25) is 0 Å². The summed E-state index contributed by atoms with van der Waals surface area (Å²) in [5, 5.41) is 10.1. The van der Waals surface area contributed by atoms with Gasteiger partial charge in [0.1, 0.15) is 0 Å². The number of amides is 2. The van der Waals surface area contributed by atoms with Gasteiger partial charge in [-0.3, -0.25) is 14.3 Å². The fraction of sp³-hybridized carbons (Fsp3) is 0.261. The number of rotatable bonds is 6. The van der Waals surface area contributed by atoms with E-state index in [9.17, 15) is 9.59 Å². The van der Waals surface area contributed by atoms with Crippen molar-refractivity contribution < 1.29 is 9.59 Å². The van der Waals surface area contributed by atoms with Crippen LogP contribution in [0.5, 0.6) is 0 Å². The molecular weight excluding hydrogens is 364 g/mol. The Kier molecular flexibility index (Phi) is 6.12. The highest BCUT2D eigenvalue weighted by molar-refractivity contribution is 5.98. The Morgan fingerprint density at radius 1 is 1.00 bits per heavy atom. The second kappa shape index (κ2) is 8.73. The zero-order chi connectivity index (χ0) is 20.9. The van der Waals surface area contributed by atoms with Gasteiger partial charge in [-0.2, -0.15) is 5.10 Å². The minimum absolute atomic E-state index is 0.0948. The summed E-state index contributed by atoms with van der Waals surface area (Å²) in [7, 11) is 0. The van der Waals surface area contributed by atoms with Crippen LogP contribution in [0, 0.1) is 5.41 Å². The molecule has 3 rings (SSSR count). The van der Waals surface area contributed by atoms with E-state index in [0.29, 0.717) is 24.3 Å².